The Kier molecular flexibility index (Phi) is 6.46. The van der Waals surface area contributed by atoms with Crippen LogP contribution in [-0.4, -0.2) is 35.6 Å². The van der Waals surface area contributed by atoms with Gasteiger partial charge in [0.15, 0.2) is 17.2 Å². The van der Waals surface area contributed by atoms with Crippen LogP contribution in [0.5, 0.6) is 11.5 Å². The Morgan fingerprint density at radius 3 is 2.63 bits per heavy atom. The van der Waals surface area contributed by atoms with Crippen molar-refractivity contribution < 1.29 is 14.3 Å². The predicted octanol–water partition coefficient (Wildman–Crippen LogP) is 2.74. The van der Waals surface area contributed by atoms with E-state index in [2.05, 4.69) is 29.5 Å². The molecule has 156 valence electrons. The average Bonchev–Trinajstić information content (AvgIpc) is 2.75. The zero-order valence-corrected chi connectivity index (χ0v) is 17.4. The first-order valence-electron chi connectivity index (χ1n) is 9.51. The van der Waals surface area contributed by atoms with Gasteiger partial charge in [0.1, 0.15) is 0 Å². The van der Waals surface area contributed by atoms with Crippen LogP contribution in [0.4, 0.5) is 0 Å². The van der Waals surface area contributed by atoms with Crippen LogP contribution in [0.15, 0.2) is 52.4 Å². The fourth-order valence-electron chi connectivity index (χ4n) is 2.83. The van der Waals surface area contributed by atoms with Crippen molar-refractivity contribution in [3.8, 4) is 11.5 Å². The van der Waals surface area contributed by atoms with Crippen molar-refractivity contribution in [3.05, 3.63) is 64.1 Å². The smallest absolute Gasteiger partial charge is 0.292 e. The summed E-state index contributed by atoms with van der Waals surface area (Å²) >= 11 is 0. The summed E-state index contributed by atoms with van der Waals surface area (Å²) in [5, 5.41) is 8.99. The van der Waals surface area contributed by atoms with Crippen LogP contribution >= 0.6 is 0 Å². The van der Waals surface area contributed by atoms with E-state index in [0.29, 0.717) is 34.8 Å². The molecule has 0 unspecified atom stereocenters. The second-order valence-electron chi connectivity index (χ2n) is 7.14. The third-order valence-electron chi connectivity index (χ3n) is 4.31. The van der Waals surface area contributed by atoms with Crippen molar-refractivity contribution in [2.45, 2.75) is 13.8 Å². The van der Waals surface area contributed by atoms with Gasteiger partial charge < -0.3 is 9.47 Å². The Morgan fingerprint density at radius 1 is 1.20 bits per heavy atom. The number of fused-ring (bicyclic) bond motifs is 1. The first kappa shape index (κ1) is 21.0. The Balaban J connectivity index is 1.77. The Morgan fingerprint density at radius 2 is 1.93 bits per heavy atom. The number of nitrogens with one attached hydrogen (secondary N) is 1. The number of aromatic nitrogens is 2. The largest absolute Gasteiger partial charge is 0.493 e. The number of ether oxygens (including phenoxy) is 2. The lowest BCUT2D eigenvalue weighted by atomic mass is 10.1. The average molecular weight is 408 g/mol. The molecule has 1 heterocycles. The maximum atomic E-state index is 12.6. The Bertz CT molecular complexity index is 1150. The molecule has 0 aliphatic rings. The van der Waals surface area contributed by atoms with Gasteiger partial charge in [-0.15, -0.1) is 0 Å². The first-order valence-corrected chi connectivity index (χ1v) is 9.51. The summed E-state index contributed by atoms with van der Waals surface area (Å²) in [6, 6.07) is 12.2. The number of methoxy groups -OCH3 is 1. The molecule has 0 spiro atoms. The van der Waals surface area contributed by atoms with Crippen LogP contribution in [0.25, 0.3) is 10.8 Å². The summed E-state index contributed by atoms with van der Waals surface area (Å²) in [6.07, 6.45) is 1.50. The van der Waals surface area contributed by atoms with Crippen LogP contribution in [0, 0.1) is 5.92 Å². The molecule has 0 radical (unpaired) electrons. The van der Waals surface area contributed by atoms with Crippen molar-refractivity contribution in [1.82, 2.24) is 15.2 Å². The molecule has 30 heavy (non-hydrogen) atoms. The maximum absolute atomic E-state index is 12.6. The van der Waals surface area contributed by atoms with Gasteiger partial charge in [0, 0.05) is 12.4 Å². The highest BCUT2D eigenvalue weighted by Gasteiger charge is 2.15. The fourth-order valence-corrected chi connectivity index (χ4v) is 2.83. The molecule has 0 aliphatic heterocycles. The van der Waals surface area contributed by atoms with Crippen LogP contribution in [0.1, 0.15) is 29.9 Å². The highest BCUT2D eigenvalue weighted by molar-refractivity contribution is 6.04. The van der Waals surface area contributed by atoms with E-state index >= 15 is 0 Å². The van der Waals surface area contributed by atoms with Crippen LogP contribution in [0.3, 0.4) is 0 Å². The molecule has 3 aromatic rings. The van der Waals surface area contributed by atoms with Crippen molar-refractivity contribution in [2.24, 2.45) is 18.1 Å². The Hall–Kier alpha value is -3.68. The summed E-state index contributed by atoms with van der Waals surface area (Å²) in [5.74, 6) is 1.11. The molecule has 1 aromatic heterocycles. The lowest BCUT2D eigenvalue weighted by Crippen LogP contribution is -2.27. The molecule has 1 N–H and O–H groups in total. The summed E-state index contributed by atoms with van der Waals surface area (Å²) in [5.41, 5.74) is 3.04. The predicted molar refractivity (Wildman–Crippen MR) is 115 cm³/mol. The van der Waals surface area contributed by atoms with Gasteiger partial charge in [-0.1, -0.05) is 32.0 Å². The number of hydrogen-bond donors (Lipinski definition) is 1. The van der Waals surface area contributed by atoms with Gasteiger partial charge in [-0.25, -0.2) is 10.1 Å². The number of carbonyl (C=O) groups excluding carboxylic acids is 1. The SMILES string of the molecule is COc1cc(C=NNC(=O)c2nn(C)c(=O)c3ccccc23)ccc1OCC(C)C. The normalized spacial score (nSPS) is 11.2. The lowest BCUT2D eigenvalue weighted by Gasteiger charge is -2.12. The van der Waals surface area contributed by atoms with Crippen LogP contribution in [-0.2, 0) is 7.05 Å². The highest BCUT2D eigenvalue weighted by Crippen LogP contribution is 2.28. The van der Waals surface area contributed by atoms with Gasteiger partial charge in [-0.05, 0) is 35.7 Å². The van der Waals surface area contributed by atoms with E-state index in [9.17, 15) is 9.59 Å². The van der Waals surface area contributed by atoms with E-state index in [4.69, 9.17) is 9.47 Å². The molecule has 1 amide bonds. The zero-order chi connectivity index (χ0) is 21.7. The standard InChI is InChI=1S/C22H24N4O4/c1-14(2)13-30-18-10-9-15(11-19(18)29-4)12-23-24-21(27)20-16-7-5-6-8-17(16)22(28)26(3)25-20/h5-12,14H,13H2,1-4H3,(H,24,27). The fraction of sp³-hybridized carbons (Fsp3) is 0.273. The number of nitrogens with zero attached hydrogens (tertiary/aromatic N) is 3. The van der Waals surface area contributed by atoms with Gasteiger partial charge in [0.2, 0.25) is 0 Å². The van der Waals surface area contributed by atoms with Crippen LogP contribution < -0.4 is 20.5 Å². The first-order chi connectivity index (χ1) is 14.4. The van der Waals surface area contributed by atoms with Crippen LogP contribution in [0.2, 0.25) is 0 Å². The number of aryl methyl sites for hydroxylation is 1. The number of hydrazone groups is 1. The molecule has 8 nitrogen and oxygen atoms in total. The van der Waals surface area contributed by atoms with Gasteiger partial charge in [-0.2, -0.15) is 10.2 Å². The van der Waals surface area contributed by atoms with E-state index < -0.39 is 5.91 Å². The van der Waals surface area contributed by atoms with Gasteiger partial charge >= 0.3 is 0 Å². The summed E-state index contributed by atoms with van der Waals surface area (Å²) in [6.45, 7) is 4.72. The monoisotopic (exact) mass is 408 g/mol. The molecule has 8 heteroatoms. The Labute approximate surface area is 174 Å². The molecular formula is C22H24N4O4. The van der Waals surface area contributed by atoms with Crippen molar-refractivity contribution in [1.29, 1.82) is 0 Å². The molecule has 0 bridgehead atoms. The highest BCUT2D eigenvalue weighted by atomic mass is 16.5. The van der Waals surface area contributed by atoms with E-state index in [1.807, 2.05) is 6.07 Å². The molecule has 0 fully saturated rings. The number of carbonyl (C=O) groups is 1. The maximum Gasteiger partial charge on any atom is 0.292 e. The summed E-state index contributed by atoms with van der Waals surface area (Å²) in [4.78, 5) is 24.8. The summed E-state index contributed by atoms with van der Waals surface area (Å²) < 4.78 is 12.2. The van der Waals surface area contributed by atoms with E-state index in [1.165, 1.54) is 13.3 Å². The van der Waals surface area contributed by atoms with Gasteiger partial charge in [0.05, 0.1) is 25.3 Å². The molecule has 0 saturated carbocycles. The number of amides is 1. The topological polar surface area (TPSA) is 94.8 Å². The van der Waals surface area contributed by atoms with Crippen molar-refractivity contribution in [3.63, 3.8) is 0 Å². The molecule has 3 rings (SSSR count). The summed E-state index contributed by atoms with van der Waals surface area (Å²) in [7, 11) is 3.07. The minimum absolute atomic E-state index is 0.125. The number of benzene rings is 2. The minimum atomic E-state index is -0.512. The number of hydrogen-bond acceptors (Lipinski definition) is 6. The quantitative estimate of drug-likeness (QED) is 0.479. The second-order valence-corrected chi connectivity index (χ2v) is 7.14. The molecular weight excluding hydrogens is 384 g/mol. The van der Waals surface area contributed by atoms with E-state index in [1.54, 1.807) is 43.5 Å². The second kappa shape index (κ2) is 9.21. The zero-order valence-electron chi connectivity index (χ0n) is 17.4. The molecule has 2 aromatic carbocycles. The molecule has 0 atom stereocenters. The molecule has 0 aliphatic carbocycles. The van der Waals surface area contributed by atoms with E-state index in [-0.39, 0.29) is 11.3 Å². The van der Waals surface area contributed by atoms with E-state index in [0.717, 1.165) is 10.2 Å². The van der Waals surface area contributed by atoms with Crippen molar-refractivity contribution in [2.75, 3.05) is 13.7 Å². The number of rotatable bonds is 7. The third kappa shape index (κ3) is 4.65. The van der Waals surface area contributed by atoms with Gasteiger partial charge in [-0.3, -0.25) is 9.59 Å². The third-order valence-corrected chi connectivity index (χ3v) is 4.31. The minimum Gasteiger partial charge on any atom is -0.493 e. The molecule has 0 saturated heterocycles. The lowest BCUT2D eigenvalue weighted by molar-refractivity contribution is 0.0950. The van der Waals surface area contributed by atoms with Crippen molar-refractivity contribution >= 4 is 22.9 Å². The van der Waals surface area contributed by atoms with Gasteiger partial charge in [0.25, 0.3) is 11.5 Å².